The maximum Gasteiger partial charge on any atom is 0.242 e. The van der Waals surface area contributed by atoms with Gasteiger partial charge in [-0.15, -0.1) is 0 Å². The molecule has 1 aromatic rings. The molecule has 0 saturated carbocycles. The minimum Gasteiger partial charge on any atom is -0.280 e. The summed E-state index contributed by atoms with van der Waals surface area (Å²) >= 11 is 1.75. The number of halogens is 1. The molecule has 0 unspecified atom stereocenters. The van der Waals surface area contributed by atoms with Gasteiger partial charge in [-0.3, -0.25) is 9.78 Å². The van der Waals surface area contributed by atoms with Crippen LogP contribution in [-0.4, -0.2) is 13.8 Å². The Bertz CT molecular complexity index is 369. The third-order valence-corrected chi connectivity index (χ3v) is 2.30. The summed E-state index contributed by atoms with van der Waals surface area (Å²) in [6, 6.07) is 0. The van der Waals surface area contributed by atoms with Gasteiger partial charge in [-0.05, 0) is 6.92 Å². The molecule has 0 spiro atoms. The predicted octanol–water partition coefficient (Wildman–Crippen LogP) is 2.66. The van der Waals surface area contributed by atoms with Crippen LogP contribution in [0, 0.1) is 6.92 Å². The number of aromatic nitrogens is 2. The van der Waals surface area contributed by atoms with E-state index in [1.807, 2.05) is 27.7 Å². The number of carbonyl (C=O) groups excluding carboxylic acids is 1. The molecular formula is C10H13IN2O. The SMILES string of the molecule is Cc1cnc(C(C)(C)C)c(C(=O)I)n1. The first kappa shape index (κ1) is 11.6. The fraction of sp³-hybridized carbons (Fsp3) is 0.500. The molecule has 0 bridgehead atoms. The Morgan fingerprint density at radius 3 is 2.43 bits per heavy atom. The Morgan fingerprint density at radius 1 is 1.43 bits per heavy atom. The summed E-state index contributed by atoms with van der Waals surface area (Å²) in [6.07, 6.45) is 1.70. The minimum atomic E-state index is -0.142. The molecule has 76 valence electrons. The quantitative estimate of drug-likeness (QED) is 0.592. The summed E-state index contributed by atoms with van der Waals surface area (Å²) in [6.45, 7) is 7.91. The van der Waals surface area contributed by atoms with Gasteiger partial charge in [-0.25, -0.2) is 4.98 Å². The van der Waals surface area contributed by atoms with E-state index >= 15 is 0 Å². The maximum atomic E-state index is 11.3. The summed E-state index contributed by atoms with van der Waals surface area (Å²) < 4.78 is -0.0521. The van der Waals surface area contributed by atoms with Gasteiger partial charge >= 0.3 is 0 Å². The Balaban J connectivity index is 3.37. The molecule has 0 aliphatic rings. The number of hydrogen-bond acceptors (Lipinski definition) is 3. The van der Waals surface area contributed by atoms with Crippen LogP contribution in [0.3, 0.4) is 0 Å². The van der Waals surface area contributed by atoms with Crippen molar-refractivity contribution in [3.63, 3.8) is 0 Å². The summed E-state index contributed by atoms with van der Waals surface area (Å²) in [5, 5.41) is 0. The average molecular weight is 304 g/mol. The van der Waals surface area contributed by atoms with Crippen molar-refractivity contribution in [2.45, 2.75) is 33.1 Å². The zero-order valence-electron chi connectivity index (χ0n) is 8.76. The molecular weight excluding hydrogens is 291 g/mol. The van der Waals surface area contributed by atoms with Crippen molar-refractivity contribution >= 4 is 26.4 Å². The molecule has 0 N–H and O–H groups in total. The number of rotatable bonds is 1. The largest absolute Gasteiger partial charge is 0.280 e. The van der Waals surface area contributed by atoms with Crippen LogP contribution >= 0.6 is 22.6 Å². The number of nitrogens with zero attached hydrogens (tertiary/aromatic N) is 2. The van der Waals surface area contributed by atoms with Gasteiger partial charge in [-0.2, -0.15) is 0 Å². The summed E-state index contributed by atoms with van der Waals surface area (Å²) in [7, 11) is 0. The summed E-state index contributed by atoms with van der Waals surface area (Å²) in [5.41, 5.74) is 1.88. The zero-order valence-corrected chi connectivity index (χ0v) is 10.9. The van der Waals surface area contributed by atoms with E-state index in [-0.39, 0.29) is 9.20 Å². The maximum absolute atomic E-state index is 11.3. The number of carbonyl (C=O) groups is 1. The van der Waals surface area contributed by atoms with Crippen molar-refractivity contribution in [1.82, 2.24) is 9.97 Å². The molecule has 0 radical (unpaired) electrons. The van der Waals surface area contributed by atoms with Crippen LogP contribution in [0.2, 0.25) is 0 Å². The smallest absolute Gasteiger partial charge is 0.242 e. The molecule has 4 heteroatoms. The number of hydrogen-bond donors (Lipinski definition) is 0. The highest BCUT2D eigenvalue weighted by molar-refractivity contribution is 14.1. The predicted molar refractivity (Wildman–Crippen MR) is 63.8 cm³/mol. The van der Waals surface area contributed by atoms with E-state index in [9.17, 15) is 4.79 Å². The molecule has 0 aliphatic heterocycles. The Kier molecular flexibility index (Phi) is 3.24. The van der Waals surface area contributed by atoms with Crippen LogP contribution in [-0.2, 0) is 5.41 Å². The first-order valence-corrected chi connectivity index (χ1v) is 5.44. The molecule has 14 heavy (non-hydrogen) atoms. The normalized spacial score (nSPS) is 11.5. The molecule has 0 fully saturated rings. The van der Waals surface area contributed by atoms with Gasteiger partial charge in [-0.1, -0.05) is 20.8 Å². The van der Waals surface area contributed by atoms with Crippen LogP contribution in [0.5, 0.6) is 0 Å². The lowest BCUT2D eigenvalue weighted by Crippen LogP contribution is -2.19. The number of aryl methyl sites for hydroxylation is 1. The van der Waals surface area contributed by atoms with E-state index in [4.69, 9.17) is 0 Å². The van der Waals surface area contributed by atoms with E-state index in [1.54, 1.807) is 28.8 Å². The van der Waals surface area contributed by atoms with E-state index in [0.717, 1.165) is 11.4 Å². The standard InChI is InChI=1S/C10H13IN2O/c1-6-5-12-8(10(2,3)4)7(13-6)9(11)14/h5H,1-4H3. The van der Waals surface area contributed by atoms with Crippen LogP contribution in [0.4, 0.5) is 0 Å². The third kappa shape index (κ3) is 2.50. The molecule has 1 heterocycles. The van der Waals surface area contributed by atoms with Crippen LogP contribution in [0.1, 0.15) is 42.6 Å². The first-order valence-electron chi connectivity index (χ1n) is 4.36. The lowest BCUT2D eigenvalue weighted by molar-refractivity contribution is 0.109. The van der Waals surface area contributed by atoms with Crippen molar-refractivity contribution < 1.29 is 4.79 Å². The fourth-order valence-electron chi connectivity index (χ4n) is 1.16. The average Bonchev–Trinajstić information content (AvgIpc) is 2.01. The van der Waals surface area contributed by atoms with Crippen molar-refractivity contribution in [2.24, 2.45) is 0 Å². The second-order valence-corrected chi connectivity index (χ2v) is 5.21. The fourth-order valence-corrected chi connectivity index (χ4v) is 1.54. The van der Waals surface area contributed by atoms with Gasteiger partial charge in [0.1, 0.15) is 5.69 Å². The summed E-state index contributed by atoms with van der Waals surface area (Å²) in [5.74, 6) is 0. The van der Waals surface area contributed by atoms with Gasteiger partial charge in [0.15, 0.2) is 0 Å². The van der Waals surface area contributed by atoms with Crippen molar-refractivity contribution in [1.29, 1.82) is 0 Å². The minimum absolute atomic E-state index is 0.0521. The first-order chi connectivity index (χ1) is 6.32. The van der Waals surface area contributed by atoms with Crippen LogP contribution in [0.15, 0.2) is 6.20 Å². The molecule has 1 rings (SSSR count). The Morgan fingerprint density at radius 2 is 2.00 bits per heavy atom. The highest BCUT2D eigenvalue weighted by atomic mass is 127. The highest BCUT2D eigenvalue weighted by Gasteiger charge is 2.23. The molecule has 0 atom stereocenters. The van der Waals surface area contributed by atoms with Crippen LogP contribution < -0.4 is 0 Å². The Labute approximate surface area is 97.5 Å². The zero-order chi connectivity index (χ0) is 10.9. The molecule has 0 amide bonds. The van der Waals surface area contributed by atoms with Crippen LogP contribution in [0.25, 0.3) is 0 Å². The molecule has 3 nitrogen and oxygen atoms in total. The highest BCUT2D eigenvalue weighted by Crippen LogP contribution is 2.24. The monoisotopic (exact) mass is 304 g/mol. The van der Waals surface area contributed by atoms with Gasteiger partial charge in [0.05, 0.1) is 11.4 Å². The Hall–Kier alpha value is -0.520. The lowest BCUT2D eigenvalue weighted by Gasteiger charge is -2.19. The van der Waals surface area contributed by atoms with Gasteiger partial charge in [0.2, 0.25) is 3.79 Å². The van der Waals surface area contributed by atoms with Gasteiger partial charge < -0.3 is 0 Å². The topological polar surface area (TPSA) is 42.9 Å². The van der Waals surface area contributed by atoms with Gasteiger partial charge in [0, 0.05) is 34.2 Å². The van der Waals surface area contributed by atoms with Crippen molar-refractivity contribution in [3.8, 4) is 0 Å². The van der Waals surface area contributed by atoms with Crippen molar-refractivity contribution in [3.05, 3.63) is 23.3 Å². The van der Waals surface area contributed by atoms with E-state index in [2.05, 4.69) is 9.97 Å². The molecule has 0 aliphatic carbocycles. The second-order valence-electron chi connectivity index (χ2n) is 4.23. The van der Waals surface area contributed by atoms with E-state index in [1.165, 1.54) is 0 Å². The third-order valence-electron chi connectivity index (χ3n) is 1.79. The molecule has 0 aromatic carbocycles. The summed E-state index contributed by atoms with van der Waals surface area (Å²) in [4.78, 5) is 19.9. The molecule has 1 aromatic heterocycles. The lowest BCUT2D eigenvalue weighted by atomic mass is 9.90. The van der Waals surface area contributed by atoms with Crippen molar-refractivity contribution in [2.75, 3.05) is 0 Å². The van der Waals surface area contributed by atoms with Gasteiger partial charge in [0.25, 0.3) is 0 Å². The second kappa shape index (κ2) is 3.92. The van der Waals surface area contributed by atoms with E-state index < -0.39 is 0 Å². The molecule has 0 saturated heterocycles. The van der Waals surface area contributed by atoms with E-state index in [0.29, 0.717) is 5.69 Å².